The van der Waals surface area contributed by atoms with E-state index in [-0.39, 0.29) is 18.6 Å². The third-order valence-corrected chi connectivity index (χ3v) is 3.75. The lowest BCUT2D eigenvalue weighted by atomic mass is 10.0. The van der Waals surface area contributed by atoms with Crippen molar-refractivity contribution in [3.8, 4) is 0 Å². The molecule has 120 valence electrons. The number of nitrogens with zero attached hydrogens (tertiary/aromatic N) is 2. The molecule has 6 heteroatoms. The predicted octanol–water partition coefficient (Wildman–Crippen LogP) is 1.95. The van der Waals surface area contributed by atoms with Crippen LogP contribution < -0.4 is 10.6 Å². The fraction of sp³-hybridized carbons (Fsp3) is 0.733. The van der Waals surface area contributed by atoms with E-state index >= 15 is 0 Å². The number of aromatic nitrogens is 2. The molecule has 2 atom stereocenters. The van der Waals surface area contributed by atoms with Crippen LogP contribution in [0.2, 0.25) is 0 Å². The maximum atomic E-state index is 12.0. The lowest BCUT2D eigenvalue weighted by Gasteiger charge is -2.19. The smallest absolute Gasteiger partial charge is 0.315 e. The van der Waals surface area contributed by atoms with Gasteiger partial charge in [-0.05, 0) is 26.7 Å². The minimum absolute atomic E-state index is 0.0676. The average Bonchev–Trinajstić information content (AvgIpc) is 2.68. The molecule has 3 N–H and O–H groups in total. The number of carbonyl (C=O) groups excluding carboxylic acids is 1. The first-order valence-corrected chi connectivity index (χ1v) is 7.63. The number of aliphatic hydroxyl groups is 1. The van der Waals surface area contributed by atoms with Crippen molar-refractivity contribution in [2.24, 2.45) is 7.05 Å². The number of aryl methyl sites for hydroxylation is 2. The van der Waals surface area contributed by atoms with Crippen molar-refractivity contribution >= 4 is 6.03 Å². The number of hydrogen-bond donors (Lipinski definition) is 3. The van der Waals surface area contributed by atoms with Crippen LogP contribution in [-0.4, -0.2) is 33.6 Å². The molecule has 0 spiro atoms. The van der Waals surface area contributed by atoms with Gasteiger partial charge in [0.2, 0.25) is 0 Å². The Morgan fingerprint density at radius 1 is 1.38 bits per heavy atom. The van der Waals surface area contributed by atoms with E-state index in [1.54, 1.807) is 0 Å². The second kappa shape index (κ2) is 8.02. The van der Waals surface area contributed by atoms with Gasteiger partial charge in [0, 0.05) is 24.8 Å². The van der Waals surface area contributed by atoms with Gasteiger partial charge >= 0.3 is 6.03 Å². The van der Waals surface area contributed by atoms with Crippen molar-refractivity contribution in [1.29, 1.82) is 0 Å². The lowest BCUT2D eigenvalue weighted by molar-refractivity contribution is 0.160. The molecule has 2 amide bonds. The zero-order chi connectivity index (χ0) is 16.0. The Morgan fingerprint density at radius 3 is 2.52 bits per heavy atom. The fourth-order valence-electron chi connectivity index (χ4n) is 2.53. The zero-order valence-electron chi connectivity index (χ0n) is 13.7. The molecular weight excluding hydrogens is 268 g/mol. The Labute approximate surface area is 126 Å². The molecule has 0 radical (unpaired) electrons. The molecule has 0 saturated heterocycles. The molecule has 1 heterocycles. The monoisotopic (exact) mass is 296 g/mol. The third-order valence-electron chi connectivity index (χ3n) is 3.75. The van der Waals surface area contributed by atoms with Gasteiger partial charge in [-0.15, -0.1) is 0 Å². The summed E-state index contributed by atoms with van der Waals surface area (Å²) >= 11 is 0. The van der Waals surface area contributed by atoms with Crippen LogP contribution in [0, 0.1) is 13.8 Å². The normalized spacial score (nSPS) is 13.8. The standard InChI is InChI=1S/C15H28N4O2/c1-6-8-12(20)9-16-15(21)17-13(7-2)14-10(3)18-19(5)11(14)4/h12-13,20H,6-9H2,1-5H3,(H2,16,17,21). The van der Waals surface area contributed by atoms with E-state index in [4.69, 9.17) is 0 Å². The fourth-order valence-corrected chi connectivity index (χ4v) is 2.53. The Bertz CT molecular complexity index is 470. The van der Waals surface area contributed by atoms with Crippen LogP contribution in [0.1, 0.15) is 56.1 Å². The van der Waals surface area contributed by atoms with E-state index in [1.165, 1.54) is 0 Å². The van der Waals surface area contributed by atoms with Crippen molar-refractivity contribution in [2.75, 3.05) is 6.54 Å². The molecule has 0 aromatic carbocycles. The molecule has 0 aliphatic carbocycles. The Balaban J connectivity index is 2.64. The highest BCUT2D eigenvalue weighted by Crippen LogP contribution is 2.23. The zero-order valence-corrected chi connectivity index (χ0v) is 13.7. The number of carbonyl (C=O) groups is 1. The molecule has 1 aromatic rings. The number of aliphatic hydroxyl groups excluding tert-OH is 1. The first kappa shape index (κ1) is 17.5. The molecule has 2 unspecified atom stereocenters. The van der Waals surface area contributed by atoms with Crippen LogP contribution in [0.5, 0.6) is 0 Å². The summed E-state index contributed by atoms with van der Waals surface area (Å²) in [5.74, 6) is 0. The average molecular weight is 296 g/mol. The van der Waals surface area contributed by atoms with Gasteiger partial charge < -0.3 is 15.7 Å². The molecule has 1 aromatic heterocycles. The van der Waals surface area contributed by atoms with Crippen LogP contribution in [0.3, 0.4) is 0 Å². The minimum Gasteiger partial charge on any atom is -0.391 e. The summed E-state index contributed by atoms with van der Waals surface area (Å²) < 4.78 is 1.83. The van der Waals surface area contributed by atoms with Crippen molar-refractivity contribution in [3.63, 3.8) is 0 Å². The van der Waals surface area contributed by atoms with Gasteiger partial charge in [-0.3, -0.25) is 4.68 Å². The van der Waals surface area contributed by atoms with Crippen LogP contribution in [-0.2, 0) is 7.05 Å². The summed E-state index contributed by atoms with van der Waals surface area (Å²) in [5, 5.41) is 19.7. The SMILES string of the molecule is CCCC(O)CNC(=O)NC(CC)c1c(C)nn(C)c1C. The number of nitrogens with one attached hydrogen (secondary N) is 2. The highest BCUT2D eigenvalue weighted by atomic mass is 16.3. The first-order chi connectivity index (χ1) is 9.90. The van der Waals surface area contributed by atoms with E-state index in [0.717, 1.165) is 29.8 Å². The van der Waals surface area contributed by atoms with Crippen LogP contribution in [0.15, 0.2) is 0 Å². The van der Waals surface area contributed by atoms with Gasteiger partial charge in [-0.25, -0.2) is 4.79 Å². The second-order valence-electron chi connectivity index (χ2n) is 5.47. The van der Waals surface area contributed by atoms with Gasteiger partial charge in [-0.2, -0.15) is 5.10 Å². The highest BCUT2D eigenvalue weighted by molar-refractivity contribution is 5.74. The van der Waals surface area contributed by atoms with Crippen molar-refractivity contribution < 1.29 is 9.90 Å². The molecular formula is C15H28N4O2. The maximum Gasteiger partial charge on any atom is 0.315 e. The molecule has 0 bridgehead atoms. The van der Waals surface area contributed by atoms with Gasteiger partial charge in [0.05, 0.1) is 17.8 Å². The van der Waals surface area contributed by atoms with Crippen LogP contribution in [0.4, 0.5) is 4.79 Å². The molecule has 1 rings (SSSR count). The minimum atomic E-state index is -0.484. The quantitative estimate of drug-likeness (QED) is 0.719. The molecule has 0 aliphatic heterocycles. The van der Waals surface area contributed by atoms with Gasteiger partial charge in [0.1, 0.15) is 0 Å². The van der Waals surface area contributed by atoms with Crippen LogP contribution in [0.25, 0.3) is 0 Å². The summed E-state index contributed by atoms with van der Waals surface area (Å²) in [5.41, 5.74) is 3.07. The van der Waals surface area contributed by atoms with E-state index in [1.807, 2.05) is 39.4 Å². The third kappa shape index (κ3) is 4.74. The van der Waals surface area contributed by atoms with E-state index in [2.05, 4.69) is 15.7 Å². The lowest BCUT2D eigenvalue weighted by Crippen LogP contribution is -2.41. The summed E-state index contributed by atoms with van der Waals surface area (Å²) in [4.78, 5) is 12.0. The van der Waals surface area contributed by atoms with Crippen molar-refractivity contribution in [3.05, 3.63) is 17.0 Å². The van der Waals surface area contributed by atoms with E-state index < -0.39 is 6.10 Å². The van der Waals surface area contributed by atoms with Crippen LogP contribution >= 0.6 is 0 Å². The number of hydrogen-bond acceptors (Lipinski definition) is 3. The van der Waals surface area contributed by atoms with E-state index in [0.29, 0.717) is 6.42 Å². The molecule has 0 aliphatic rings. The number of rotatable bonds is 7. The largest absolute Gasteiger partial charge is 0.391 e. The topological polar surface area (TPSA) is 79.2 Å². The first-order valence-electron chi connectivity index (χ1n) is 7.63. The number of urea groups is 1. The second-order valence-corrected chi connectivity index (χ2v) is 5.47. The molecule has 6 nitrogen and oxygen atoms in total. The van der Waals surface area contributed by atoms with Crippen molar-refractivity contribution in [1.82, 2.24) is 20.4 Å². The summed E-state index contributed by atoms with van der Waals surface area (Å²) in [7, 11) is 1.90. The van der Waals surface area contributed by atoms with Crippen molar-refractivity contribution in [2.45, 2.75) is 59.1 Å². The molecule has 21 heavy (non-hydrogen) atoms. The van der Waals surface area contributed by atoms with Gasteiger partial charge in [-0.1, -0.05) is 20.3 Å². The molecule has 0 saturated carbocycles. The predicted molar refractivity (Wildman–Crippen MR) is 83.2 cm³/mol. The highest BCUT2D eigenvalue weighted by Gasteiger charge is 2.20. The Kier molecular flexibility index (Phi) is 6.68. The van der Waals surface area contributed by atoms with Gasteiger partial charge in [0.15, 0.2) is 0 Å². The molecule has 0 fully saturated rings. The maximum absolute atomic E-state index is 12.0. The van der Waals surface area contributed by atoms with E-state index in [9.17, 15) is 9.90 Å². The van der Waals surface area contributed by atoms with Gasteiger partial charge in [0.25, 0.3) is 0 Å². The summed E-state index contributed by atoms with van der Waals surface area (Å²) in [6.45, 7) is 8.27. The Morgan fingerprint density at radius 2 is 2.05 bits per heavy atom. The summed E-state index contributed by atoms with van der Waals surface area (Å²) in [6.07, 6.45) is 1.90. The number of amides is 2. The summed E-state index contributed by atoms with van der Waals surface area (Å²) in [6, 6.07) is -0.318. The Hall–Kier alpha value is -1.56.